The predicted octanol–water partition coefficient (Wildman–Crippen LogP) is 5.46. The molecule has 3 rings (SSSR count). The number of amidine groups is 1. The highest BCUT2D eigenvalue weighted by molar-refractivity contribution is 8.15. The first-order valence-electron chi connectivity index (χ1n) is 8.85. The van der Waals surface area contributed by atoms with Gasteiger partial charge in [0.05, 0.1) is 11.5 Å². The van der Waals surface area contributed by atoms with Crippen molar-refractivity contribution in [3.8, 4) is 0 Å². The van der Waals surface area contributed by atoms with Gasteiger partial charge in [0.2, 0.25) is 5.91 Å². The van der Waals surface area contributed by atoms with E-state index in [-0.39, 0.29) is 16.6 Å². The Morgan fingerprint density at radius 2 is 1.86 bits per heavy atom. The molecule has 28 heavy (non-hydrogen) atoms. The molecule has 1 fully saturated rings. The number of benzene rings is 2. The summed E-state index contributed by atoms with van der Waals surface area (Å²) in [7, 11) is 0. The zero-order valence-electron chi connectivity index (χ0n) is 15.9. The first-order valence-corrected chi connectivity index (χ1v) is 10.5. The molecule has 1 aliphatic heterocycles. The molecule has 2 aromatic carbocycles. The van der Waals surface area contributed by atoms with E-state index in [9.17, 15) is 4.79 Å². The molecule has 1 saturated heterocycles. The number of carbonyl (C=O) groups is 1. The van der Waals surface area contributed by atoms with Crippen molar-refractivity contribution in [3.63, 3.8) is 0 Å². The van der Waals surface area contributed by atoms with E-state index in [1.165, 1.54) is 17.3 Å². The summed E-state index contributed by atoms with van der Waals surface area (Å²) in [4.78, 5) is 12.2. The van der Waals surface area contributed by atoms with E-state index in [1.807, 2.05) is 18.2 Å². The Labute approximate surface area is 179 Å². The molecule has 0 aliphatic carbocycles. The molecule has 0 spiro atoms. The molecule has 0 saturated carbocycles. The number of halogens is 2. The molecule has 1 unspecified atom stereocenters. The third-order valence-corrected chi connectivity index (χ3v) is 5.99. The summed E-state index contributed by atoms with van der Waals surface area (Å²) in [5.74, 6) is -0.0977. The van der Waals surface area contributed by atoms with Crippen molar-refractivity contribution in [2.75, 3.05) is 0 Å². The minimum absolute atomic E-state index is 0.0977. The van der Waals surface area contributed by atoms with Gasteiger partial charge in [-0.15, -0.1) is 5.10 Å². The van der Waals surface area contributed by atoms with Crippen molar-refractivity contribution in [2.24, 2.45) is 10.2 Å². The van der Waals surface area contributed by atoms with Crippen LogP contribution in [-0.4, -0.2) is 22.5 Å². The summed E-state index contributed by atoms with van der Waals surface area (Å²) in [6.07, 6.45) is 2.18. The fraction of sp³-hybridized carbons (Fsp3) is 0.286. The fourth-order valence-electron chi connectivity index (χ4n) is 2.69. The summed E-state index contributed by atoms with van der Waals surface area (Å²) < 4.78 is 0. The SMILES string of the molecule is CC(C)(C)c1ccc(/C=N/N=C2\NC(=O)C(Cc3ccc(Cl)cc3Cl)S2)cc1. The van der Waals surface area contributed by atoms with Crippen molar-refractivity contribution in [3.05, 3.63) is 69.2 Å². The van der Waals surface area contributed by atoms with E-state index in [0.29, 0.717) is 21.6 Å². The van der Waals surface area contributed by atoms with Gasteiger partial charge in [0, 0.05) is 10.0 Å². The molecule has 146 valence electrons. The Balaban J connectivity index is 1.62. The Morgan fingerprint density at radius 1 is 1.14 bits per heavy atom. The smallest absolute Gasteiger partial charge is 0.239 e. The maximum absolute atomic E-state index is 12.2. The first kappa shape index (κ1) is 20.9. The Morgan fingerprint density at radius 3 is 2.50 bits per heavy atom. The van der Waals surface area contributed by atoms with Crippen LogP contribution in [0.3, 0.4) is 0 Å². The Kier molecular flexibility index (Phi) is 6.48. The van der Waals surface area contributed by atoms with Crippen LogP contribution in [0, 0.1) is 0 Å². The third kappa shape index (κ3) is 5.37. The summed E-state index contributed by atoms with van der Waals surface area (Å²) >= 11 is 13.5. The zero-order valence-corrected chi connectivity index (χ0v) is 18.2. The van der Waals surface area contributed by atoms with Gasteiger partial charge in [0.25, 0.3) is 0 Å². The second-order valence-corrected chi connectivity index (χ2v) is 9.59. The van der Waals surface area contributed by atoms with E-state index >= 15 is 0 Å². The monoisotopic (exact) mass is 433 g/mol. The van der Waals surface area contributed by atoms with E-state index in [2.05, 4.69) is 48.4 Å². The van der Waals surface area contributed by atoms with Crippen LogP contribution < -0.4 is 5.32 Å². The van der Waals surface area contributed by atoms with Gasteiger partial charge >= 0.3 is 0 Å². The molecule has 1 N–H and O–H groups in total. The van der Waals surface area contributed by atoms with Crippen LogP contribution in [-0.2, 0) is 16.6 Å². The van der Waals surface area contributed by atoms with Crippen molar-refractivity contribution in [1.29, 1.82) is 0 Å². The van der Waals surface area contributed by atoms with Crippen LogP contribution in [0.1, 0.15) is 37.5 Å². The van der Waals surface area contributed by atoms with Crippen LogP contribution in [0.2, 0.25) is 10.0 Å². The second-order valence-electron chi connectivity index (χ2n) is 7.56. The molecule has 1 amide bonds. The van der Waals surface area contributed by atoms with Gasteiger partial charge < -0.3 is 5.32 Å². The molecule has 1 aliphatic rings. The zero-order chi connectivity index (χ0) is 20.3. The van der Waals surface area contributed by atoms with E-state index in [4.69, 9.17) is 23.2 Å². The average Bonchev–Trinajstić information content (AvgIpc) is 2.96. The average molecular weight is 434 g/mol. The normalized spacial score (nSPS) is 18.8. The van der Waals surface area contributed by atoms with E-state index < -0.39 is 0 Å². The second kappa shape index (κ2) is 8.68. The minimum Gasteiger partial charge on any atom is -0.303 e. The van der Waals surface area contributed by atoms with Crippen LogP contribution >= 0.6 is 35.0 Å². The van der Waals surface area contributed by atoms with Gasteiger partial charge in [0.15, 0.2) is 5.17 Å². The standard InChI is InChI=1S/C21H21Cl2N3OS/c1-21(2,3)15-7-4-13(5-8-15)12-24-26-20-25-19(27)18(28-20)10-14-6-9-16(22)11-17(14)23/h4-9,11-12,18H,10H2,1-3H3,(H,25,26,27)/b24-12+. The topological polar surface area (TPSA) is 53.8 Å². The molecule has 0 aromatic heterocycles. The quantitative estimate of drug-likeness (QED) is 0.514. The van der Waals surface area contributed by atoms with Crippen molar-refractivity contribution in [1.82, 2.24) is 5.32 Å². The summed E-state index contributed by atoms with van der Waals surface area (Å²) in [6, 6.07) is 13.5. The first-order chi connectivity index (χ1) is 13.2. The maximum atomic E-state index is 12.2. The molecule has 0 radical (unpaired) electrons. The highest BCUT2D eigenvalue weighted by Crippen LogP contribution is 2.28. The number of carbonyl (C=O) groups excluding carboxylic acids is 1. The van der Waals surface area contributed by atoms with Crippen molar-refractivity contribution in [2.45, 2.75) is 37.9 Å². The van der Waals surface area contributed by atoms with E-state index in [0.717, 1.165) is 11.1 Å². The molecule has 1 atom stereocenters. The van der Waals surface area contributed by atoms with Gasteiger partial charge in [-0.05, 0) is 40.7 Å². The fourth-order valence-corrected chi connectivity index (χ4v) is 4.13. The lowest BCUT2D eigenvalue weighted by Crippen LogP contribution is -2.26. The Bertz CT molecular complexity index is 934. The van der Waals surface area contributed by atoms with Crippen LogP contribution in [0.4, 0.5) is 0 Å². The molecular formula is C21H21Cl2N3OS. The van der Waals surface area contributed by atoms with Gasteiger partial charge in [-0.3, -0.25) is 4.79 Å². The number of thioether (sulfide) groups is 1. The number of rotatable bonds is 4. The number of nitrogens with one attached hydrogen (secondary N) is 1. The lowest BCUT2D eigenvalue weighted by Gasteiger charge is -2.18. The minimum atomic E-state index is -0.293. The predicted molar refractivity (Wildman–Crippen MR) is 120 cm³/mol. The number of amides is 1. The van der Waals surface area contributed by atoms with Crippen molar-refractivity contribution < 1.29 is 4.79 Å². The lowest BCUT2D eigenvalue weighted by atomic mass is 9.87. The molecular weight excluding hydrogens is 413 g/mol. The van der Waals surface area contributed by atoms with E-state index in [1.54, 1.807) is 18.3 Å². The highest BCUT2D eigenvalue weighted by Gasteiger charge is 2.31. The number of hydrogen-bond acceptors (Lipinski definition) is 4. The lowest BCUT2D eigenvalue weighted by molar-refractivity contribution is -0.118. The molecule has 0 bridgehead atoms. The van der Waals surface area contributed by atoms with Gasteiger partial charge in [-0.1, -0.05) is 86.1 Å². The summed E-state index contributed by atoms with van der Waals surface area (Å²) in [5.41, 5.74) is 3.21. The van der Waals surface area contributed by atoms with Gasteiger partial charge in [-0.25, -0.2) is 0 Å². The third-order valence-electron chi connectivity index (χ3n) is 4.33. The van der Waals surface area contributed by atoms with Crippen LogP contribution in [0.5, 0.6) is 0 Å². The highest BCUT2D eigenvalue weighted by atomic mass is 35.5. The Hall–Kier alpha value is -1.82. The number of nitrogens with zero attached hydrogens (tertiary/aromatic N) is 2. The van der Waals surface area contributed by atoms with Crippen LogP contribution in [0.15, 0.2) is 52.7 Å². The van der Waals surface area contributed by atoms with Gasteiger partial charge in [-0.2, -0.15) is 5.10 Å². The van der Waals surface area contributed by atoms with Crippen molar-refractivity contribution >= 4 is 52.3 Å². The maximum Gasteiger partial charge on any atom is 0.239 e. The molecule has 1 heterocycles. The number of hydrogen-bond donors (Lipinski definition) is 1. The van der Waals surface area contributed by atoms with Crippen LogP contribution in [0.25, 0.3) is 0 Å². The summed E-state index contributed by atoms with van der Waals surface area (Å²) in [6.45, 7) is 6.53. The molecule has 7 heteroatoms. The van der Waals surface area contributed by atoms with Gasteiger partial charge in [0.1, 0.15) is 0 Å². The largest absolute Gasteiger partial charge is 0.303 e. The molecule has 2 aromatic rings. The summed E-state index contributed by atoms with van der Waals surface area (Å²) in [5, 5.41) is 12.3. The molecule has 4 nitrogen and oxygen atoms in total.